The number of benzene rings is 2. The van der Waals surface area contributed by atoms with E-state index in [1.807, 2.05) is 0 Å². The van der Waals surface area contributed by atoms with E-state index >= 15 is 0 Å². The fourth-order valence-corrected chi connectivity index (χ4v) is 3.70. The Bertz CT molecular complexity index is 1400. The van der Waals surface area contributed by atoms with Crippen molar-refractivity contribution in [1.82, 2.24) is 14.8 Å². The van der Waals surface area contributed by atoms with Crippen LogP contribution in [0.3, 0.4) is 0 Å². The molecule has 12 heteroatoms. The summed E-state index contributed by atoms with van der Waals surface area (Å²) in [7, 11) is 0. The number of nitrogens with one attached hydrogen (secondary N) is 1. The minimum absolute atomic E-state index is 0.139. The molecule has 4 aromatic rings. The van der Waals surface area contributed by atoms with E-state index in [2.05, 4.69) is 15.4 Å². The van der Waals surface area contributed by atoms with Gasteiger partial charge in [-0.25, -0.2) is 10.5 Å². The molecule has 0 bridgehead atoms. The minimum atomic E-state index is -4.87. The number of nitrogens with two attached hydrogens (primary N) is 2. The maximum atomic E-state index is 14.1. The molecular formula is C22H17ClF3N7O. The molecule has 0 atom stereocenters. The van der Waals surface area contributed by atoms with Crippen LogP contribution in [0, 0.1) is 0 Å². The Balaban J connectivity index is 1.72. The maximum absolute atomic E-state index is 14.1. The van der Waals surface area contributed by atoms with E-state index in [0.29, 0.717) is 21.1 Å². The number of hydrogen-bond donors (Lipinski definition) is 3. The predicted molar refractivity (Wildman–Crippen MR) is 123 cm³/mol. The van der Waals surface area contributed by atoms with E-state index in [1.54, 1.807) is 18.2 Å². The van der Waals surface area contributed by atoms with Gasteiger partial charge >= 0.3 is 6.18 Å². The van der Waals surface area contributed by atoms with E-state index < -0.39 is 23.3 Å². The Kier molecular flexibility index (Phi) is 6.14. The quantitative estimate of drug-likeness (QED) is 0.283. The van der Waals surface area contributed by atoms with E-state index in [9.17, 15) is 18.0 Å². The molecule has 0 aliphatic heterocycles. The Labute approximate surface area is 196 Å². The summed E-state index contributed by atoms with van der Waals surface area (Å²) in [5.41, 5.74) is 4.10. The zero-order valence-corrected chi connectivity index (χ0v) is 18.0. The number of halogens is 4. The molecule has 1 amide bonds. The molecule has 0 spiro atoms. The number of anilines is 2. The van der Waals surface area contributed by atoms with Crippen molar-refractivity contribution in [3.05, 3.63) is 89.7 Å². The summed E-state index contributed by atoms with van der Waals surface area (Å²) in [6, 6.07) is 10.8. The largest absolute Gasteiger partial charge is 0.434 e. The number of nitrogens with zero attached hydrogens (tertiary/aromatic N) is 4. The number of hydrazine groups is 1. The molecule has 0 saturated carbocycles. The molecule has 0 fully saturated rings. The van der Waals surface area contributed by atoms with Crippen LogP contribution < -0.4 is 21.9 Å². The van der Waals surface area contributed by atoms with Crippen LogP contribution in [0.15, 0.2) is 73.5 Å². The number of aromatic nitrogens is 3. The van der Waals surface area contributed by atoms with Crippen molar-refractivity contribution in [2.45, 2.75) is 6.18 Å². The van der Waals surface area contributed by atoms with Crippen molar-refractivity contribution in [2.24, 2.45) is 11.6 Å². The Morgan fingerprint density at radius 3 is 2.68 bits per heavy atom. The van der Waals surface area contributed by atoms with Crippen molar-refractivity contribution in [2.75, 3.05) is 10.3 Å². The van der Waals surface area contributed by atoms with Gasteiger partial charge in [-0.2, -0.15) is 18.3 Å². The summed E-state index contributed by atoms with van der Waals surface area (Å²) in [5, 5.41) is 8.73. The average Bonchev–Trinajstić information content (AvgIpc) is 3.25. The van der Waals surface area contributed by atoms with Crippen LogP contribution in [0.25, 0.3) is 16.5 Å². The lowest BCUT2D eigenvalue weighted by Crippen LogP contribution is -2.25. The molecule has 0 saturated heterocycles. The van der Waals surface area contributed by atoms with Crippen molar-refractivity contribution < 1.29 is 18.0 Å². The Morgan fingerprint density at radius 2 is 1.97 bits per heavy atom. The van der Waals surface area contributed by atoms with E-state index in [-0.39, 0.29) is 16.4 Å². The van der Waals surface area contributed by atoms with E-state index in [0.717, 1.165) is 11.2 Å². The molecule has 0 radical (unpaired) electrons. The summed E-state index contributed by atoms with van der Waals surface area (Å²) in [6.45, 7) is 0. The highest BCUT2D eigenvalue weighted by atomic mass is 35.5. The molecule has 8 nitrogen and oxygen atoms in total. The van der Waals surface area contributed by atoms with Crippen LogP contribution in [-0.4, -0.2) is 20.7 Å². The highest BCUT2D eigenvalue weighted by Gasteiger charge is 2.41. The molecular weight excluding hydrogens is 471 g/mol. The number of alkyl halides is 3. The second kappa shape index (κ2) is 9.04. The standard InChI is InChI=1S/C22H17ClF3N7O/c23-17-10-14(4-5-19(17)32(28)9-7-27)31-21(34)16-12-30-33(20(16)22(24,25)26)18-3-1-2-13-6-8-29-11-15(13)18/h1-12H,27-28H2,(H,31,34)/b9-7-. The number of pyridine rings is 1. The highest BCUT2D eigenvalue weighted by Crippen LogP contribution is 2.36. The van der Waals surface area contributed by atoms with Crippen LogP contribution in [0.5, 0.6) is 0 Å². The molecule has 0 unspecified atom stereocenters. The van der Waals surface area contributed by atoms with E-state index in [4.69, 9.17) is 23.2 Å². The lowest BCUT2D eigenvalue weighted by molar-refractivity contribution is -0.143. The lowest BCUT2D eigenvalue weighted by Gasteiger charge is -2.16. The number of fused-ring (bicyclic) bond motifs is 1. The van der Waals surface area contributed by atoms with Gasteiger partial charge in [0, 0.05) is 35.9 Å². The van der Waals surface area contributed by atoms with Crippen molar-refractivity contribution in [3.8, 4) is 5.69 Å². The number of rotatable bonds is 5. The molecule has 0 aliphatic rings. The molecule has 2 heterocycles. The molecule has 5 N–H and O–H groups in total. The first-order valence-electron chi connectivity index (χ1n) is 9.72. The van der Waals surface area contributed by atoms with Crippen LogP contribution in [0.1, 0.15) is 16.1 Å². The van der Waals surface area contributed by atoms with Gasteiger partial charge in [-0.05, 0) is 35.7 Å². The maximum Gasteiger partial charge on any atom is 0.434 e. The Hall–Kier alpha value is -4.09. The van der Waals surface area contributed by atoms with Crippen molar-refractivity contribution >= 4 is 39.7 Å². The first-order chi connectivity index (χ1) is 16.2. The van der Waals surface area contributed by atoms with Gasteiger partial charge in [-0.15, -0.1) is 0 Å². The molecule has 174 valence electrons. The lowest BCUT2D eigenvalue weighted by atomic mass is 10.1. The molecule has 2 aromatic carbocycles. The van der Waals surface area contributed by atoms with Gasteiger partial charge in [0.15, 0.2) is 5.69 Å². The van der Waals surface area contributed by atoms with Crippen molar-refractivity contribution in [1.29, 1.82) is 0 Å². The van der Waals surface area contributed by atoms with Gasteiger partial charge in [0.1, 0.15) is 0 Å². The SMILES string of the molecule is N/C=C\N(N)c1ccc(NC(=O)c2cnn(-c3cccc4ccncc34)c2C(F)(F)F)cc1Cl. The summed E-state index contributed by atoms with van der Waals surface area (Å²) in [5.74, 6) is 4.76. The third-order valence-corrected chi connectivity index (χ3v) is 5.20. The van der Waals surface area contributed by atoms with Crippen LogP contribution >= 0.6 is 11.6 Å². The topological polar surface area (TPSA) is 115 Å². The molecule has 34 heavy (non-hydrogen) atoms. The summed E-state index contributed by atoms with van der Waals surface area (Å²) >= 11 is 6.18. The number of carbonyl (C=O) groups excluding carboxylic acids is 1. The summed E-state index contributed by atoms with van der Waals surface area (Å²) in [6.07, 6.45) is 1.53. The van der Waals surface area contributed by atoms with Gasteiger partial charge < -0.3 is 11.1 Å². The number of carbonyl (C=O) groups is 1. The smallest absolute Gasteiger partial charge is 0.403 e. The average molecular weight is 488 g/mol. The van der Waals surface area contributed by atoms with Crippen molar-refractivity contribution in [3.63, 3.8) is 0 Å². The fraction of sp³-hybridized carbons (Fsp3) is 0.0455. The van der Waals surface area contributed by atoms with Crippen LogP contribution in [0.4, 0.5) is 24.5 Å². The van der Waals surface area contributed by atoms with Gasteiger partial charge in [0.25, 0.3) is 5.91 Å². The van der Waals surface area contributed by atoms with Crippen LogP contribution in [-0.2, 0) is 6.18 Å². The highest BCUT2D eigenvalue weighted by molar-refractivity contribution is 6.33. The van der Waals surface area contributed by atoms with Gasteiger partial charge in [0.2, 0.25) is 0 Å². The predicted octanol–water partition coefficient (Wildman–Crippen LogP) is 4.46. The van der Waals surface area contributed by atoms with Gasteiger partial charge in [-0.1, -0.05) is 23.7 Å². The number of amides is 1. The first-order valence-corrected chi connectivity index (χ1v) is 10.1. The fourth-order valence-electron chi connectivity index (χ4n) is 3.42. The summed E-state index contributed by atoms with van der Waals surface area (Å²) in [4.78, 5) is 16.8. The first kappa shape index (κ1) is 23.1. The number of hydrogen-bond acceptors (Lipinski definition) is 6. The summed E-state index contributed by atoms with van der Waals surface area (Å²) < 4.78 is 43.0. The molecule has 0 aliphatic carbocycles. The van der Waals surface area contributed by atoms with Gasteiger partial charge in [-0.3, -0.25) is 14.8 Å². The Morgan fingerprint density at radius 1 is 1.18 bits per heavy atom. The second-order valence-electron chi connectivity index (χ2n) is 7.06. The zero-order valence-electron chi connectivity index (χ0n) is 17.3. The van der Waals surface area contributed by atoms with E-state index in [1.165, 1.54) is 49.1 Å². The van der Waals surface area contributed by atoms with Crippen LogP contribution in [0.2, 0.25) is 5.02 Å². The molecule has 2 aromatic heterocycles. The monoisotopic (exact) mass is 487 g/mol. The normalized spacial score (nSPS) is 11.8. The third kappa shape index (κ3) is 4.38. The van der Waals surface area contributed by atoms with Gasteiger partial charge in [0.05, 0.1) is 28.2 Å². The minimum Gasteiger partial charge on any atom is -0.403 e. The zero-order chi connectivity index (χ0) is 24.5. The second-order valence-corrected chi connectivity index (χ2v) is 7.47. The molecule has 4 rings (SSSR count). The third-order valence-electron chi connectivity index (χ3n) is 4.90.